The molecule has 0 spiro atoms. The summed E-state index contributed by atoms with van der Waals surface area (Å²) in [6.07, 6.45) is 5.76. The van der Waals surface area contributed by atoms with Gasteiger partial charge in [0.15, 0.2) is 5.82 Å². The third-order valence-electron chi connectivity index (χ3n) is 13.7. The number of hydrogen-bond acceptors (Lipinski definition) is 3. The van der Waals surface area contributed by atoms with Crippen LogP contribution in [0.3, 0.4) is 0 Å². The van der Waals surface area contributed by atoms with Gasteiger partial charge in [-0.3, -0.25) is 9.13 Å². The average molecular weight is 932 g/mol. The lowest BCUT2D eigenvalue weighted by atomic mass is 9.80. The van der Waals surface area contributed by atoms with Crippen LogP contribution in [-0.2, 0) is 21.7 Å². The summed E-state index contributed by atoms with van der Waals surface area (Å²) in [4.78, 5) is 4.94. The van der Waals surface area contributed by atoms with Crippen molar-refractivity contribution in [1.82, 2.24) is 19.2 Å². The molecular weight excluding hydrogens is 867 g/mol. The topological polar surface area (TPSA) is 48.8 Å². The number of benzene rings is 7. The number of fused-ring (bicyclic) bond motifs is 3. The van der Waals surface area contributed by atoms with Gasteiger partial charge in [0.2, 0.25) is 0 Å². The van der Waals surface area contributed by atoms with Crippen LogP contribution in [0.25, 0.3) is 72.6 Å². The number of nitrogens with zero attached hydrogens (tertiary/aromatic N) is 5. The molecule has 10 rings (SSSR count). The van der Waals surface area contributed by atoms with Gasteiger partial charge in [0.25, 0.3) is 6.33 Å². The maximum absolute atomic E-state index is 7.09. The Labute approximate surface area is 420 Å². The molecule has 3 aromatic heterocycles. The first-order chi connectivity index (χ1) is 33.7. The van der Waals surface area contributed by atoms with Gasteiger partial charge in [-0.2, -0.15) is 4.68 Å². The van der Waals surface area contributed by atoms with Gasteiger partial charge >= 0.3 is 0 Å². The second-order valence-corrected chi connectivity index (χ2v) is 23.2. The molecule has 6 nitrogen and oxygen atoms in total. The molecule has 0 N–H and O–H groups in total. The van der Waals surface area contributed by atoms with Crippen LogP contribution in [0.2, 0.25) is 0 Å². The molecule has 0 saturated carbocycles. The molecule has 0 aliphatic heterocycles. The zero-order valence-electron chi connectivity index (χ0n) is 43.4. The fourth-order valence-electron chi connectivity index (χ4n) is 9.48. The minimum atomic E-state index is -0.231. The molecule has 0 atom stereocenters. The normalized spacial score (nSPS) is 12.5. The zero-order chi connectivity index (χ0) is 50.0. The van der Waals surface area contributed by atoms with E-state index in [9.17, 15) is 0 Å². The number of hydrogen-bond donors (Lipinski definition) is 0. The quantitative estimate of drug-likeness (QED) is 0.113. The molecule has 0 bridgehead atoms. The fourth-order valence-corrected chi connectivity index (χ4v) is 9.48. The lowest BCUT2D eigenvalue weighted by Gasteiger charge is -2.26. The Kier molecular flexibility index (Phi) is 11.7. The van der Waals surface area contributed by atoms with E-state index >= 15 is 0 Å². The van der Waals surface area contributed by atoms with Crippen LogP contribution in [0.1, 0.15) is 105 Å². The summed E-state index contributed by atoms with van der Waals surface area (Å²) in [6, 6.07) is 60.7. The van der Waals surface area contributed by atoms with E-state index in [0.717, 1.165) is 78.6 Å². The van der Waals surface area contributed by atoms with Gasteiger partial charge in [-0.15, -0.1) is 5.10 Å². The van der Waals surface area contributed by atoms with E-state index in [2.05, 4.69) is 268 Å². The van der Waals surface area contributed by atoms with E-state index < -0.39 is 0 Å². The predicted molar refractivity (Wildman–Crippen MR) is 294 cm³/mol. The molecule has 356 valence electrons. The first-order valence-corrected chi connectivity index (χ1v) is 24.9. The van der Waals surface area contributed by atoms with Crippen LogP contribution >= 0.6 is 0 Å². The Balaban J connectivity index is 1.21. The van der Waals surface area contributed by atoms with Crippen molar-refractivity contribution in [1.29, 1.82) is 0 Å². The second kappa shape index (κ2) is 17.7. The minimum Gasteiger partial charge on any atom is -0.458 e. The number of para-hydroxylation sites is 1. The highest BCUT2D eigenvalue weighted by atomic mass is 16.5. The van der Waals surface area contributed by atoms with E-state index in [-0.39, 0.29) is 21.7 Å². The Morgan fingerprint density at radius 1 is 0.465 bits per heavy atom. The van der Waals surface area contributed by atoms with Crippen LogP contribution in [0, 0.1) is 6.33 Å². The van der Waals surface area contributed by atoms with Crippen molar-refractivity contribution >= 4 is 21.8 Å². The van der Waals surface area contributed by atoms with E-state index in [1.165, 1.54) is 22.1 Å². The number of ether oxygens (including phenoxy) is 1. The molecule has 0 radical (unpaired) electrons. The highest BCUT2D eigenvalue weighted by molar-refractivity contribution is 6.09. The van der Waals surface area contributed by atoms with Gasteiger partial charge in [-0.1, -0.05) is 204 Å². The predicted octanol–water partition coefficient (Wildman–Crippen LogP) is 16.4. The SMILES string of the molecule is CC(C)(C)c1cc(Oc2ccc3c4ccccc4n(-c4cc(C(C)(C)C)ccn4)c3c2)cc(-n2[c-][n+](-c3cc(C(C)(C)C)cc(C(C)(C)C)c3)nc2-c2c(-c3ccccc3)cccc2-c2ccccc2)c1. The lowest BCUT2D eigenvalue weighted by molar-refractivity contribution is -0.660. The van der Waals surface area contributed by atoms with Crippen molar-refractivity contribution in [2.24, 2.45) is 0 Å². The average Bonchev–Trinajstić information content (AvgIpc) is 3.93. The molecule has 6 heteroatoms. The summed E-state index contributed by atoms with van der Waals surface area (Å²) in [6.45, 7) is 27.1. The van der Waals surface area contributed by atoms with Gasteiger partial charge in [0.1, 0.15) is 17.3 Å². The summed E-state index contributed by atoms with van der Waals surface area (Å²) in [7, 11) is 0. The Morgan fingerprint density at radius 3 is 1.63 bits per heavy atom. The zero-order valence-corrected chi connectivity index (χ0v) is 43.4. The summed E-state index contributed by atoms with van der Waals surface area (Å²) in [5, 5.41) is 7.94. The molecule has 0 unspecified atom stereocenters. The maximum atomic E-state index is 7.09. The summed E-state index contributed by atoms with van der Waals surface area (Å²) in [5.74, 6) is 3.08. The highest BCUT2D eigenvalue weighted by Gasteiger charge is 2.27. The van der Waals surface area contributed by atoms with Crippen molar-refractivity contribution in [3.05, 3.63) is 205 Å². The number of pyridine rings is 1. The lowest BCUT2D eigenvalue weighted by Crippen LogP contribution is -2.34. The van der Waals surface area contributed by atoms with E-state index in [1.807, 2.05) is 10.9 Å². The molecule has 0 amide bonds. The van der Waals surface area contributed by atoms with E-state index in [1.54, 1.807) is 0 Å². The van der Waals surface area contributed by atoms with Crippen LogP contribution in [-0.4, -0.2) is 19.2 Å². The molecule has 0 fully saturated rings. The molecular formula is C65H65N5O. The third-order valence-corrected chi connectivity index (χ3v) is 13.7. The van der Waals surface area contributed by atoms with Crippen molar-refractivity contribution in [2.45, 2.75) is 105 Å². The first-order valence-electron chi connectivity index (χ1n) is 24.9. The molecule has 3 heterocycles. The van der Waals surface area contributed by atoms with Crippen molar-refractivity contribution in [3.63, 3.8) is 0 Å². The van der Waals surface area contributed by atoms with E-state index in [4.69, 9.17) is 14.8 Å². The summed E-state index contributed by atoms with van der Waals surface area (Å²) < 4.78 is 13.5. The Bertz CT molecular complexity index is 3500. The fraction of sp³-hybridized carbons (Fsp3) is 0.246. The molecule has 0 aliphatic carbocycles. The highest BCUT2D eigenvalue weighted by Crippen LogP contribution is 2.42. The minimum absolute atomic E-state index is 0.0368. The summed E-state index contributed by atoms with van der Waals surface area (Å²) >= 11 is 0. The van der Waals surface area contributed by atoms with E-state index in [0.29, 0.717) is 5.75 Å². The standard InChI is InChI=1S/C65H65N5O/c1-62(2,3)45-32-33-66-59(39-45)70-57-29-20-19-26-55(57)56-31-30-51(41-58(56)70)71-52-38-48(65(10,11)12)35-49(40-52)68-42-69(50-36-46(63(4,5)6)34-47(37-50)64(7,8)9)67-61(68)60-53(43-22-15-13-16-23-43)27-21-28-54(60)44-24-17-14-18-25-44/h13-41H,1-12H3. The largest absolute Gasteiger partial charge is 0.458 e. The molecule has 10 aromatic rings. The van der Waals surface area contributed by atoms with Gasteiger partial charge in [0.05, 0.1) is 22.4 Å². The van der Waals surface area contributed by atoms with Crippen LogP contribution < -0.4 is 9.42 Å². The van der Waals surface area contributed by atoms with Crippen molar-refractivity contribution in [3.8, 4) is 62.3 Å². The van der Waals surface area contributed by atoms with Crippen LogP contribution in [0.4, 0.5) is 0 Å². The van der Waals surface area contributed by atoms with Crippen LogP contribution in [0.15, 0.2) is 176 Å². The maximum Gasteiger partial charge on any atom is 0.273 e. The smallest absolute Gasteiger partial charge is 0.273 e. The Hall–Kier alpha value is -7.57. The monoisotopic (exact) mass is 932 g/mol. The molecule has 7 aromatic carbocycles. The Morgan fingerprint density at radius 2 is 1.03 bits per heavy atom. The van der Waals surface area contributed by atoms with Crippen molar-refractivity contribution in [2.75, 3.05) is 0 Å². The van der Waals surface area contributed by atoms with Gasteiger partial charge in [-0.05, 0) is 109 Å². The number of aromatic nitrogens is 5. The van der Waals surface area contributed by atoms with Crippen LogP contribution in [0.5, 0.6) is 11.5 Å². The van der Waals surface area contributed by atoms with Gasteiger partial charge in [-0.25, -0.2) is 4.98 Å². The van der Waals surface area contributed by atoms with Gasteiger partial charge in [0, 0.05) is 28.6 Å². The van der Waals surface area contributed by atoms with Gasteiger partial charge < -0.3 is 4.74 Å². The first kappa shape index (κ1) is 47.1. The van der Waals surface area contributed by atoms with Crippen molar-refractivity contribution < 1.29 is 9.42 Å². The molecule has 71 heavy (non-hydrogen) atoms. The molecule has 0 aliphatic rings. The summed E-state index contributed by atoms with van der Waals surface area (Å²) in [5.41, 5.74) is 13.7. The number of rotatable bonds is 8. The molecule has 0 saturated heterocycles. The third kappa shape index (κ3) is 9.32. The second-order valence-electron chi connectivity index (χ2n) is 23.2.